The number of aryl methyl sites for hydroxylation is 1. The Morgan fingerprint density at radius 1 is 1.38 bits per heavy atom. The van der Waals surface area contributed by atoms with Gasteiger partial charge in [0.1, 0.15) is 16.6 Å². The number of halogens is 1. The summed E-state index contributed by atoms with van der Waals surface area (Å²) in [6, 6.07) is 5.96. The summed E-state index contributed by atoms with van der Waals surface area (Å²) in [4.78, 5) is 9.11. The smallest absolute Gasteiger partial charge is 0.137 e. The van der Waals surface area contributed by atoms with E-state index < -0.39 is 5.60 Å². The average molecular weight is 370 g/mol. The second-order valence-corrected chi connectivity index (χ2v) is 6.96. The van der Waals surface area contributed by atoms with E-state index in [0.29, 0.717) is 18.4 Å². The first kappa shape index (κ1) is 17.2. The summed E-state index contributed by atoms with van der Waals surface area (Å²) < 4.78 is 13.4. The molecule has 1 unspecified atom stereocenters. The first-order chi connectivity index (χ1) is 12.6. The Balaban J connectivity index is 1.93. The van der Waals surface area contributed by atoms with Crippen molar-refractivity contribution in [1.82, 2.24) is 14.5 Å². The maximum absolute atomic E-state index is 6.13. The van der Waals surface area contributed by atoms with Crippen molar-refractivity contribution < 1.29 is 9.47 Å². The number of aromatic nitrogens is 3. The molecule has 0 amide bonds. The molecule has 0 radical (unpaired) electrons. The lowest BCUT2D eigenvalue weighted by Crippen LogP contribution is -2.30. The van der Waals surface area contributed by atoms with Crippen LogP contribution >= 0.6 is 11.6 Å². The fourth-order valence-electron chi connectivity index (χ4n) is 3.49. The summed E-state index contributed by atoms with van der Waals surface area (Å²) in [7, 11) is 1.71. The van der Waals surface area contributed by atoms with Gasteiger partial charge in [0.2, 0.25) is 0 Å². The number of fused-ring (bicyclic) bond motifs is 1. The number of hydrogen-bond donors (Lipinski definition) is 0. The van der Waals surface area contributed by atoms with Crippen LogP contribution in [0.3, 0.4) is 0 Å². The molecule has 1 fully saturated rings. The van der Waals surface area contributed by atoms with Crippen LogP contribution in [0.4, 0.5) is 0 Å². The molecule has 1 aliphatic heterocycles. The van der Waals surface area contributed by atoms with Gasteiger partial charge in [0.05, 0.1) is 17.8 Å². The molecule has 0 bridgehead atoms. The van der Waals surface area contributed by atoms with E-state index in [-0.39, 0.29) is 0 Å². The molecule has 4 heterocycles. The fraction of sp³-hybridized carbons (Fsp3) is 0.300. The molecule has 0 spiro atoms. The van der Waals surface area contributed by atoms with Crippen molar-refractivity contribution >= 4 is 28.6 Å². The maximum atomic E-state index is 6.13. The lowest BCUT2D eigenvalue weighted by molar-refractivity contribution is -0.0246. The normalized spacial score (nSPS) is 20.0. The highest BCUT2D eigenvalue weighted by Crippen LogP contribution is 2.34. The van der Waals surface area contributed by atoms with Gasteiger partial charge in [0.15, 0.2) is 0 Å². The maximum Gasteiger partial charge on any atom is 0.137 e. The topological polar surface area (TPSA) is 49.2 Å². The van der Waals surface area contributed by atoms with E-state index in [2.05, 4.69) is 24.6 Å². The van der Waals surface area contributed by atoms with Crippen LogP contribution in [-0.2, 0) is 15.1 Å². The van der Waals surface area contributed by atoms with E-state index in [9.17, 15) is 0 Å². The molecule has 1 atom stereocenters. The van der Waals surface area contributed by atoms with Crippen molar-refractivity contribution in [2.45, 2.75) is 18.9 Å². The number of methoxy groups -OCH3 is 1. The van der Waals surface area contributed by atoms with Crippen molar-refractivity contribution in [3.63, 3.8) is 0 Å². The molecule has 0 N–H and O–H groups in total. The van der Waals surface area contributed by atoms with Gasteiger partial charge in [-0.15, -0.1) is 0 Å². The van der Waals surface area contributed by atoms with Crippen LogP contribution in [0.15, 0.2) is 37.2 Å². The molecule has 1 saturated heterocycles. The van der Waals surface area contributed by atoms with Gasteiger partial charge >= 0.3 is 0 Å². The third-order valence-corrected chi connectivity index (χ3v) is 5.16. The van der Waals surface area contributed by atoms with E-state index in [1.165, 1.54) is 0 Å². The van der Waals surface area contributed by atoms with Gasteiger partial charge in [-0.3, -0.25) is 0 Å². The first-order valence-electron chi connectivity index (χ1n) is 8.48. The minimum atomic E-state index is -0.496. The van der Waals surface area contributed by atoms with Crippen molar-refractivity contribution in [2.75, 3.05) is 20.3 Å². The molecular weight excluding hydrogens is 350 g/mol. The quantitative estimate of drug-likeness (QED) is 0.644. The Morgan fingerprint density at radius 2 is 2.23 bits per heavy atom. The van der Waals surface area contributed by atoms with Crippen molar-refractivity contribution in [1.29, 1.82) is 0 Å². The lowest BCUT2D eigenvalue weighted by atomic mass is 9.97. The predicted octanol–water partition coefficient (Wildman–Crippen LogP) is 4.29. The highest BCUT2D eigenvalue weighted by atomic mass is 35.5. The number of rotatable bonds is 4. The van der Waals surface area contributed by atoms with Gasteiger partial charge in [-0.05, 0) is 24.6 Å². The van der Waals surface area contributed by atoms with Crippen LogP contribution in [-0.4, -0.2) is 34.9 Å². The standard InChI is InChI=1S/C20H20ClN3O2/c1-4-14-11-24(16-9-18(21)22-10-15(14)16)19-8-13(2)7-17(23-19)20(25-3)5-6-26-12-20/h4,7-11H,1,5-6,12H2,2-3H3. The summed E-state index contributed by atoms with van der Waals surface area (Å²) >= 11 is 6.13. The second-order valence-electron chi connectivity index (χ2n) is 6.57. The molecule has 0 saturated carbocycles. The largest absolute Gasteiger partial charge is 0.378 e. The van der Waals surface area contributed by atoms with Crippen LogP contribution in [0.5, 0.6) is 0 Å². The third-order valence-electron chi connectivity index (χ3n) is 4.95. The van der Waals surface area contributed by atoms with E-state index in [4.69, 9.17) is 26.1 Å². The summed E-state index contributed by atoms with van der Waals surface area (Å²) in [5, 5.41) is 1.43. The number of hydrogen-bond acceptors (Lipinski definition) is 4. The van der Waals surface area contributed by atoms with Gasteiger partial charge < -0.3 is 14.0 Å². The molecule has 134 valence electrons. The van der Waals surface area contributed by atoms with Crippen LogP contribution < -0.4 is 0 Å². The van der Waals surface area contributed by atoms with Gasteiger partial charge in [-0.2, -0.15) is 0 Å². The molecular formula is C20H20ClN3O2. The van der Waals surface area contributed by atoms with Gasteiger partial charge in [0.25, 0.3) is 0 Å². The minimum Gasteiger partial charge on any atom is -0.378 e. The highest BCUT2D eigenvalue weighted by molar-refractivity contribution is 6.30. The van der Waals surface area contributed by atoms with Gasteiger partial charge in [-0.1, -0.05) is 24.3 Å². The monoisotopic (exact) mass is 369 g/mol. The molecule has 0 aliphatic carbocycles. The molecule has 3 aromatic rings. The van der Waals surface area contributed by atoms with Crippen LogP contribution in [0.1, 0.15) is 23.2 Å². The van der Waals surface area contributed by atoms with Crippen molar-refractivity contribution in [3.05, 3.63) is 59.1 Å². The van der Waals surface area contributed by atoms with E-state index >= 15 is 0 Å². The first-order valence-corrected chi connectivity index (χ1v) is 8.85. The zero-order valence-corrected chi connectivity index (χ0v) is 15.6. The van der Waals surface area contributed by atoms with Crippen molar-refractivity contribution in [3.8, 4) is 5.82 Å². The van der Waals surface area contributed by atoms with Crippen LogP contribution in [0.2, 0.25) is 5.15 Å². The fourth-order valence-corrected chi connectivity index (χ4v) is 3.64. The Hall–Kier alpha value is -2.21. The van der Waals surface area contributed by atoms with Crippen LogP contribution in [0.25, 0.3) is 22.8 Å². The summed E-state index contributed by atoms with van der Waals surface area (Å²) in [5.41, 5.74) is 3.42. The third kappa shape index (κ3) is 2.72. The SMILES string of the molecule is C=Cc1cn(-c2cc(C)cc(C3(OC)CCOC3)n2)c2cc(Cl)ncc12. The number of pyridine rings is 2. The lowest BCUT2D eigenvalue weighted by Gasteiger charge is -2.26. The Kier molecular flexibility index (Phi) is 4.31. The van der Waals surface area contributed by atoms with Crippen LogP contribution in [0, 0.1) is 6.92 Å². The Morgan fingerprint density at radius 3 is 2.92 bits per heavy atom. The Labute approximate surface area is 157 Å². The minimum absolute atomic E-state index is 0.442. The van der Waals surface area contributed by atoms with E-state index in [1.807, 2.05) is 29.0 Å². The summed E-state index contributed by atoms with van der Waals surface area (Å²) in [5.74, 6) is 0.809. The molecule has 0 aromatic carbocycles. The number of ether oxygens (including phenoxy) is 2. The molecule has 6 heteroatoms. The highest BCUT2D eigenvalue weighted by Gasteiger charge is 2.38. The van der Waals surface area contributed by atoms with Gasteiger partial charge in [0, 0.05) is 49.5 Å². The molecule has 26 heavy (non-hydrogen) atoms. The molecule has 3 aromatic heterocycles. The molecule has 5 nitrogen and oxygen atoms in total. The predicted molar refractivity (Wildman–Crippen MR) is 103 cm³/mol. The summed E-state index contributed by atoms with van der Waals surface area (Å²) in [6.07, 6.45) is 6.38. The van der Waals surface area contributed by atoms with E-state index in [0.717, 1.165) is 40.0 Å². The van der Waals surface area contributed by atoms with Gasteiger partial charge in [-0.25, -0.2) is 9.97 Å². The molecule has 4 rings (SSSR count). The Bertz CT molecular complexity index is 990. The summed E-state index contributed by atoms with van der Waals surface area (Å²) in [6.45, 7) is 7.15. The van der Waals surface area contributed by atoms with Crippen molar-refractivity contribution in [2.24, 2.45) is 0 Å². The zero-order valence-electron chi connectivity index (χ0n) is 14.8. The van der Waals surface area contributed by atoms with E-state index in [1.54, 1.807) is 13.3 Å². The number of nitrogens with zero attached hydrogens (tertiary/aromatic N) is 3. The molecule has 1 aliphatic rings. The average Bonchev–Trinajstić information content (AvgIpc) is 3.26. The second kappa shape index (κ2) is 6.50. The zero-order chi connectivity index (χ0) is 18.3.